The molecule has 7 nitrogen and oxygen atoms in total. The molecule has 0 unspecified atom stereocenters. The molecular weight excluding hydrogens is 462 g/mol. The first-order chi connectivity index (χ1) is 16.9. The van der Waals surface area contributed by atoms with Crippen LogP contribution >= 0.6 is 0 Å². The minimum atomic E-state index is -3.88. The lowest BCUT2D eigenvalue weighted by molar-refractivity contribution is 0.417. The minimum absolute atomic E-state index is 0.105. The van der Waals surface area contributed by atoms with Gasteiger partial charge >= 0.3 is 0 Å². The molecule has 0 aliphatic carbocycles. The second kappa shape index (κ2) is 9.15. The third-order valence-electron chi connectivity index (χ3n) is 5.53. The van der Waals surface area contributed by atoms with Crippen molar-refractivity contribution < 1.29 is 17.9 Å². The SMILES string of the molecule is COc1ccc(-c2cn3cccc(C)c3n2)cc1NS(=O)(=O)c1ccc(Oc2ccccc2)cc1. The first-order valence-electron chi connectivity index (χ1n) is 10.9. The summed E-state index contributed by atoms with van der Waals surface area (Å²) in [6.45, 7) is 2.00. The molecule has 8 heteroatoms. The standard InChI is InChI=1S/C27H23N3O4S/c1-19-7-6-16-30-18-25(28-27(19)30)20-10-15-26(33-2)24(17-20)29-35(31,32)23-13-11-22(12-14-23)34-21-8-4-3-5-9-21/h3-18,29H,1-2H3. The smallest absolute Gasteiger partial charge is 0.262 e. The van der Waals surface area contributed by atoms with Gasteiger partial charge in [-0.25, -0.2) is 13.4 Å². The van der Waals surface area contributed by atoms with Gasteiger partial charge in [0.1, 0.15) is 22.9 Å². The van der Waals surface area contributed by atoms with E-state index in [0.717, 1.165) is 22.5 Å². The number of para-hydroxylation sites is 1. The van der Waals surface area contributed by atoms with Crippen molar-refractivity contribution in [3.63, 3.8) is 0 Å². The zero-order valence-corrected chi connectivity index (χ0v) is 20.0. The molecule has 0 saturated heterocycles. The maximum Gasteiger partial charge on any atom is 0.262 e. The van der Waals surface area contributed by atoms with Gasteiger partial charge < -0.3 is 13.9 Å². The highest BCUT2D eigenvalue weighted by Gasteiger charge is 2.18. The lowest BCUT2D eigenvalue weighted by Gasteiger charge is -2.13. The van der Waals surface area contributed by atoms with E-state index in [0.29, 0.717) is 22.9 Å². The predicted molar refractivity (Wildman–Crippen MR) is 136 cm³/mol. The number of fused-ring (bicyclic) bond motifs is 1. The van der Waals surface area contributed by atoms with E-state index in [1.165, 1.54) is 19.2 Å². The van der Waals surface area contributed by atoms with Crippen molar-refractivity contribution in [3.05, 3.63) is 103 Å². The zero-order chi connectivity index (χ0) is 24.4. The van der Waals surface area contributed by atoms with E-state index < -0.39 is 10.0 Å². The van der Waals surface area contributed by atoms with Gasteiger partial charge in [-0.05, 0) is 73.2 Å². The third-order valence-corrected chi connectivity index (χ3v) is 6.91. The van der Waals surface area contributed by atoms with Gasteiger partial charge in [0.05, 0.1) is 23.4 Å². The number of methoxy groups -OCH3 is 1. The number of anilines is 1. The fourth-order valence-corrected chi connectivity index (χ4v) is 4.82. The predicted octanol–water partition coefficient (Wildman–Crippen LogP) is 5.91. The van der Waals surface area contributed by atoms with E-state index in [9.17, 15) is 8.42 Å². The number of sulfonamides is 1. The fraction of sp³-hybridized carbons (Fsp3) is 0.0741. The number of hydrogen-bond donors (Lipinski definition) is 1. The summed E-state index contributed by atoms with van der Waals surface area (Å²) in [4.78, 5) is 4.81. The molecule has 5 aromatic rings. The van der Waals surface area contributed by atoms with Crippen LogP contribution in [0.2, 0.25) is 0 Å². The Morgan fingerprint density at radius 1 is 0.886 bits per heavy atom. The average Bonchev–Trinajstić information content (AvgIpc) is 3.31. The van der Waals surface area contributed by atoms with Gasteiger partial charge in [0.2, 0.25) is 0 Å². The van der Waals surface area contributed by atoms with E-state index in [-0.39, 0.29) is 4.90 Å². The number of benzene rings is 3. The Kier molecular flexibility index (Phi) is 5.88. The Labute approximate surface area is 203 Å². The van der Waals surface area contributed by atoms with E-state index >= 15 is 0 Å². The number of hydrogen-bond acceptors (Lipinski definition) is 5. The largest absolute Gasteiger partial charge is 0.495 e. The molecule has 2 aromatic heterocycles. The lowest BCUT2D eigenvalue weighted by Crippen LogP contribution is -2.13. The molecule has 0 amide bonds. The summed E-state index contributed by atoms with van der Waals surface area (Å²) >= 11 is 0. The highest BCUT2D eigenvalue weighted by Crippen LogP contribution is 2.33. The van der Waals surface area contributed by atoms with Gasteiger partial charge in [-0.15, -0.1) is 0 Å². The first-order valence-corrected chi connectivity index (χ1v) is 12.4. The van der Waals surface area contributed by atoms with Gasteiger partial charge in [0, 0.05) is 18.0 Å². The van der Waals surface area contributed by atoms with E-state index in [1.807, 2.05) is 72.2 Å². The second-order valence-electron chi connectivity index (χ2n) is 7.96. The number of ether oxygens (including phenoxy) is 2. The van der Waals surface area contributed by atoms with Gasteiger partial charge in [0.25, 0.3) is 10.0 Å². The molecule has 0 bridgehead atoms. The van der Waals surface area contributed by atoms with Gasteiger partial charge in [-0.1, -0.05) is 24.3 Å². The summed E-state index contributed by atoms with van der Waals surface area (Å²) in [5, 5.41) is 0. The Morgan fingerprint density at radius 2 is 1.63 bits per heavy atom. The molecule has 0 radical (unpaired) electrons. The lowest BCUT2D eigenvalue weighted by atomic mass is 10.1. The Balaban J connectivity index is 1.42. The van der Waals surface area contributed by atoms with Crippen LogP contribution in [0.3, 0.4) is 0 Å². The average molecular weight is 486 g/mol. The van der Waals surface area contributed by atoms with Crippen LogP contribution in [0.4, 0.5) is 5.69 Å². The number of pyridine rings is 1. The molecule has 35 heavy (non-hydrogen) atoms. The molecule has 3 aromatic carbocycles. The normalized spacial score (nSPS) is 11.4. The van der Waals surface area contributed by atoms with Crippen LogP contribution in [-0.4, -0.2) is 24.9 Å². The summed E-state index contributed by atoms with van der Waals surface area (Å²) in [5.74, 6) is 1.61. The first kappa shape index (κ1) is 22.5. The van der Waals surface area contributed by atoms with Crippen LogP contribution in [0.25, 0.3) is 16.9 Å². The molecule has 0 aliphatic heterocycles. The van der Waals surface area contributed by atoms with Crippen molar-refractivity contribution in [2.75, 3.05) is 11.8 Å². The number of nitrogens with one attached hydrogen (secondary N) is 1. The molecule has 176 valence electrons. The molecule has 0 atom stereocenters. The molecule has 2 heterocycles. The number of rotatable bonds is 7. The molecule has 5 rings (SSSR count). The fourth-order valence-electron chi connectivity index (χ4n) is 3.75. The third kappa shape index (κ3) is 4.69. The van der Waals surface area contributed by atoms with Crippen molar-refractivity contribution in [3.8, 4) is 28.5 Å². The highest BCUT2D eigenvalue weighted by atomic mass is 32.2. The topological polar surface area (TPSA) is 81.9 Å². The summed E-state index contributed by atoms with van der Waals surface area (Å²) in [6, 6.07) is 24.8. The maximum absolute atomic E-state index is 13.1. The molecule has 0 aliphatic rings. The van der Waals surface area contributed by atoms with E-state index in [2.05, 4.69) is 4.72 Å². The maximum atomic E-state index is 13.1. The van der Waals surface area contributed by atoms with Crippen LogP contribution in [0, 0.1) is 6.92 Å². The van der Waals surface area contributed by atoms with Crippen molar-refractivity contribution >= 4 is 21.4 Å². The van der Waals surface area contributed by atoms with Gasteiger partial charge in [-0.3, -0.25) is 4.72 Å². The van der Waals surface area contributed by atoms with E-state index in [1.54, 1.807) is 24.3 Å². The minimum Gasteiger partial charge on any atom is -0.495 e. The van der Waals surface area contributed by atoms with Gasteiger partial charge in [0.15, 0.2) is 0 Å². The molecule has 0 saturated carbocycles. The molecular formula is C27H23N3O4S. The summed E-state index contributed by atoms with van der Waals surface area (Å²) in [6.07, 6.45) is 3.84. The summed E-state index contributed by atoms with van der Waals surface area (Å²) < 4.78 is 42.0. The molecule has 0 fully saturated rings. The quantitative estimate of drug-likeness (QED) is 0.310. The van der Waals surface area contributed by atoms with Crippen LogP contribution in [-0.2, 0) is 10.0 Å². The number of nitrogens with zero attached hydrogens (tertiary/aromatic N) is 2. The van der Waals surface area contributed by atoms with Crippen LogP contribution in [0.1, 0.15) is 5.56 Å². The van der Waals surface area contributed by atoms with Crippen LogP contribution < -0.4 is 14.2 Å². The van der Waals surface area contributed by atoms with Crippen molar-refractivity contribution in [1.82, 2.24) is 9.38 Å². The number of aryl methyl sites for hydroxylation is 1. The molecule has 1 N–H and O–H groups in total. The number of aromatic nitrogens is 2. The monoisotopic (exact) mass is 485 g/mol. The van der Waals surface area contributed by atoms with Crippen LogP contribution in [0.15, 0.2) is 102 Å². The Hall–Kier alpha value is -4.30. The molecule has 0 spiro atoms. The van der Waals surface area contributed by atoms with Crippen LogP contribution in [0.5, 0.6) is 17.2 Å². The number of imidazole rings is 1. The summed E-state index contributed by atoms with van der Waals surface area (Å²) in [5.41, 5.74) is 3.71. The second-order valence-corrected chi connectivity index (χ2v) is 9.64. The summed E-state index contributed by atoms with van der Waals surface area (Å²) in [7, 11) is -2.38. The van der Waals surface area contributed by atoms with Crippen molar-refractivity contribution in [1.29, 1.82) is 0 Å². The van der Waals surface area contributed by atoms with Crippen molar-refractivity contribution in [2.24, 2.45) is 0 Å². The Bertz CT molecular complexity index is 1600. The Morgan fingerprint density at radius 3 is 2.34 bits per heavy atom. The zero-order valence-electron chi connectivity index (χ0n) is 19.2. The van der Waals surface area contributed by atoms with E-state index in [4.69, 9.17) is 14.5 Å². The van der Waals surface area contributed by atoms with Gasteiger partial charge in [-0.2, -0.15) is 0 Å². The highest BCUT2D eigenvalue weighted by molar-refractivity contribution is 7.92. The van der Waals surface area contributed by atoms with Crippen molar-refractivity contribution in [2.45, 2.75) is 11.8 Å².